The molecule has 1 atom stereocenters. The molecule has 25 heavy (non-hydrogen) atoms. The Hall–Kier alpha value is -2.09. The van der Waals surface area contributed by atoms with Gasteiger partial charge in [-0.3, -0.25) is 0 Å². The minimum Gasteiger partial charge on any atom is -0.497 e. The highest BCUT2D eigenvalue weighted by Gasteiger charge is 2.27. The molecule has 0 radical (unpaired) electrons. The van der Waals surface area contributed by atoms with Gasteiger partial charge in [-0.2, -0.15) is 4.31 Å². The fourth-order valence-electron chi connectivity index (χ4n) is 2.43. The Bertz CT molecular complexity index is 818. The quantitative estimate of drug-likeness (QED) is 0.815. The summed E-state index contributed by atoms with van der Waals surface area (Å²) < 4.78 is 37.1. The molecular weight excluding hydrogens is 342 g/mol. The van der Waals surface area contributed by atoms with E-state index in [1.54, 1.807) is 49.6 Å². The Labute approximate surface area is 148 Å². The summed E-state index contributed by atoms with van der Waals surface area (Å²) in [4.78, 5) is 0.0828. The van der Waals surface area contributed by atoms with Crippen molar-refractivity contribution in [2.24, 2.45) is 0 Å². The van der Waals surface area contributed by atoms with Crippen molar-refractivity contribution in [3.8, 4) is 11.5 Å². The van der Waals surface area contributed by atoms with E-state index in [9.17, 15) is 13.5 Å². The average molecular weight is 365 g/mol. The molecule has 2 aromatic rings. The van der Waals surface area contributed by atoms with E-state index in [1.165, 1.54) is 14.2 Å². The van der Waals surface area contributed by atoms with Crippen LogP contribution < -0.4 is 9.47 Å². The molecule has 1 unspecified atom stereocenters. The van der Waals surface area contributed by atoms with Crippen LogP contribution >= 0.6 is 0 Å². The van der Waals surface area contributed by atoms with Crippen molar-refractivity contribution in [1.82, 2.24) is 4.31 Å². The molecule has 0 aromatic heterocycles. The number of sulfonamides is 1. The van der Waals surface area contributed by atoms with Gasteiger partial charge in [0.2, 0.25) is 10.0 Å². The topological polar surface area (TPSA) is 76.1 Å². The second-order valence-corrected chi connectivity index (χ2v) is 7.74. The van der Waals surface area contributed by atoms with Crippen LogP contribution in [0.5, 0.6) is 11.5 Å². The van der Waals surface area contributed by atoms with Gasteiger partial charge in [0.15, 0.2) is 0 Å². The summed E-state index contributed by atoms with van der Waals surface area (Å²) in [5, 5.41) is 10.4. The Morgan fingerprint density at radius 2 is 1.72 bits per heavy atom. The third kappa shape index (κ3) is 4.31. The third-order valence-electron chi connectivity index (χ3n) is 3.94. The first-order chi connectivity index (χ1) is 11.8. The summed E-state index contributed by atoms with van der Waals surface area (Å²) in [6.07, 6.45) is -0.957. The maximum Gasteiger partial charge on any atom is 0.246 e. The molecule has 136 valence electrons. The predicted molar refractivity (Wildman–Crippen MR) is 95.5 cm³/mol. The highest BCUT2D eigenvalue weighted by atomic mass is 32.2. The molecule has 0 heterocycles. The molecule has 0 fully saturated rings. The van der Waals surface area contributed by atoms with Crippen LogP contribution in [0, 0.1) is 6.92 Å². The van der Waals surface area contributed by atoms with Crippen LogP contribution in [0.4, 0.5) is 0 Å². The first-order valence-corrected chi connectivity index (χ1v) is 9.16. The monoisotopic (exact) mass is 365 g/mol. The van der Waals surface area contributed by atoms with Gasteiger partial charge in [0, 0.05) is 13.6 Å². The zero-order valence-corrected chi connectivity index (χ0v) is 15.6. The molecule has 0 bridgehead atoms. The lowest BCUT2D eigenvalue weighted by atomic mass is 10.1. The van der Waals surface area contributed by atoms with Crippen molar-refractivity contribution < 1.29 is 23.0 Å². The number of aliphatic hydroxyl groups excluding tert-OH is 1. The molecule has 0 aliphatic rings. The molecule has 7 heteroatoms. The number of rotatable bonds is 7. The number of hydrogen-bond donors (Lipinski definition) is 1. The molecule has 2 aromatic carbocycles. The number of benzene rings is 2. The third-order valence-corrected chi connectivity index (χ3v) is 5.78. The maximum absolute atomic E-state index is 12.8. The molecule has 0 aliphatic heterocycles. The van der Waals surface area contributed by atoms with Crippen molar-refractivity contribution in [3.05, 3.63) is 53.6 Å². The number of hydrogen-bond acceptors (Lipinski definition) is 5. The number of aliphatic hydroxyl groups is 1. The van der Waals surface area contributed by atoms with Crippen molar-refractivity contribution in [2.75, 3.05) is 27.8 Å². The SMILES string of the molecule is COc1ccc(C(O)CN(C)S(=O)(=O)c2cc(C)ccc2OC)cc1. The average Bonchev–Trinajstić information content (AvgIpc) is 2.61. The Morgan fingerprint density at radius 3 is 2.28 bits per heavy atom. The molecule has 0 amide bonds. The molecule has 1 N–H and O–H groups in total. The van der Waals surface area contributed by atoms with E-state index >= 15 is 0 Å². The highest BCUT2D eigenvalue weighted by molar-refractivity contribution is 7.89. The summed E-state index contributed by atoms with van der Waals surface area (Å²) in [5.41, 5.74) is 1.42. The largest absolute Gasteiger partial charge is 0.497 e. The summed E-state index contributed by atoms with van der Waals surface area (Å²) in [6.45, 7) is 1.73. The van der Waals surface area contributed by atoms with Gasteiger partial charge in [-0.25, -0.2) is 8.42 Å². The van der Waals surface area contributed by atoms with E-state index in [0.717, 1.165) is 9.87 Å². The molecule has 2 rings (SSSR count). The fourth-order valence-corrected chi connectivity index (χ4v) is 3.84. The zero-order valence-electron chi connectivity index (χ0n) is 14.8. The number of ether oxygens (including phenoxy) is 2. The normalized spacial score (nSPS) is 12.9. The van der Waals surface area contributed by atoms with Gasteiger partial charge in [0.1, 0.15) is 16.4 Å². The molecular formula is C18H23NO5S. The molecule has 0 spiro atoms. The van der Waals surface area contributed by atoms with Gasteiger partial charge in [0.25, 0.3) is 0 Å². The standard InChI is InChI=1S/C18H23NO5S/c1-13-5-10-17(24-4)18(11-13)25(21,22)19(2)12-16(20)14-6-8-15(23-3)9-7-14/h5-11,16,20H,12H2,1-4H3. The van der Waals surface area contributed by atoms with Crippen LogP contribution in [0.3, 0.4) is 0 Å². The van der Waals surface area contributed by atoms with Gasteiger partial charge in [-0.1, -0.05) is 18.2 Å². The van der Waals surface area contributed by atoms with E-state index in [1.807, 2.05) is 6.92 Å². The smallest absolute Gasteiger partial charge is 0.246 e. The fraction of sp³-hybridized carbons (Fsp3) is 0.333. The molecule has 0 aliphatic carbocycles. The number of aryl methyl sites for hydroxylation is 1. The van der Waals surface area contributed by atoms with Crippen LogP contribution in [-0.4, -0.2) is 45.6 Å². The van der Waals surface area contributed by atoms with Crippen LogP contribution in [0.15, 0.2) is 47.4 Å². The van der Waals surface area contributed by atoms with Crippen LogP contribution in [0.1, 0.15) is 17.2 Å². The van der Waals surface area contributed by atoms with E-state index in [-0.39, 0.29) is 17.2 Å². The van der Waals surface area contributed by atoms with E-state index in [0.29, 0.717) is 11.3 Å². The minimum atomic E-state index is -3.80. The molecule has 0 saturated carbocycles. The number of nitrogens with zero attached hydrogens (tertiary/aromatic N) is 1. The second kappa shape index (κ2) is 7.86. The second-order valence-electron chi connectivity index (χ2n) is 5.73. The van der Waals surface area contributed by atoms with E-state index < -0.39 is 16.1 Å². The minimum absolute atomic E-state index is 0.0776. The number of likely N-dealkylation sites (N-methyl/N-ethyl adjacent to an activating group) is 1. The van der Waals surface area contributed by atoms with Crippen LogP contribution in [0.25, 0.3) is 0 Å². The molecule has 6 nitrogen and oxygen atoms in total. The van der Waals surface area contributed by atoms with Gasteiger partial charge < -0.3 is 14.6 Å². The Kier molecular flexibility index (Phi) is 6.05. The van der Waals surface area contributed by atoms with Crippen molar-refractivity contribution in [2.45, 2.75) is 17.9 Å². The van der Waals surface area contributed by atoms with E-state index in [2.05, 4.69) is 0 Å². The zero-order chi connectivity index (χ0) is 18.6. The van der Waals surface area contributed by atoms with Crippen molar-refractivity contribution >= 4 is 10.0 Å². The summed E-state index contributed by atoms with van der Waals surface area (Å²) in [6, 6.07) is 11.8. The van der Waals surface area contributed by atoms with Crippen molar-refractivity contribution in [1.29, 1.82) is 0 Å². The van der Waals surface area contributed by atoms with Gasteiger partial charge >= 0.3 is 0 Å². The molecule has 0 saturated heterocycles. The van der Waals surface area contributed by atoms with Gasteiger partial charge in [-0.15, -0.1) is 0 Å². The van der Waals surface area contributed by atoms with Crippen molar-refractivity contribution in [3.63, 3.8) is 0 Å². The predicted octanol–water partition coefficient (Wildman–Crippen LogP) is 2.37. The number of methoxy groups -OCH3 is 2. The van der Waals surface area contributed by atoms with E-state index in [4.69, 9.17) is 9.47 Å². The lowest BCUT2D eigenvalue weighted by molar-refractivity contribution is 0.155. The summed E-state index contributed by atoms with van der Waals surface area (Å²) in [5.74, 6) is 0.942. The Morgan fingerprint density at radius 1 is 1.08 bits per heavy atom. The first-order valence-electron chi connectivity index (χ1n) is 7.72. The first kappa shape index (κ1) is 19.2. The van der Waals surface area contributed by atoms with Crippen LogP contribution in [0.2, 0.25) is 0 Å². The van der Waals surface area contributed by atoms with Gasteiger partial charge in [0.05, 0.1) is 20.3 Å². The lowest BCUT2D eigenvalue weighted by Crippen LogP contribution is -2.31. The highest BCUT2D eigenvalue weighted by Crippen LogP contribution is 2.28. The summed E-state index contributed by atoms with van der Waals surface area (Å²) >= 11 is 0. The summed E-state index contributed by atoms with van der Waals surface area (Å²) in [7, 11) is 0.621. The lowest BCUT2D eigenvalue weighted by Gasteiger charge is -2.22. The van der Waals surface area contributed by atoms with Crippen LogP contribution in [-0.2, 0) is 10.0 Å². The van der Waals surface area contributed by atoms with Gasteiger partial charge in [-0.05, 0) is 42.3 Å². The maximum atomic E-state index is 12.8. The Balaban J connectivity index is 2.23.